The van der Waals surface area contributed by atoms with Crippen LogP contribution in [0.15, 0.2) is 24.3 Å². The third kappa shape index (κ3) is 1.32. The number of hydrogen-bond donors (Lipinski definition) is 0. The first-order valence-electron chi connectivity index (χ1n) is 4.43. The Labute approximate surface area is 77.8 Å². The molecule has 2 nitrogen and oxygen atoms in total. The van der Waals surface area contributed by atoms with Gasteiger partial charge in [0.1, 0.15) is 0 Å². The van der Waals surface area contributed by atoms with E-state index in [0.29, 0.717) is 12.5 Å². The van der Waals surface area contributed by atoms with Gasteiger partial charge in [-0.05, 0) is 11.1 Å². The minimum atomic E-state index is -0.368. The van der Waals surface area contributed by atoms with Crippen LogP contribution < -0.4 is 0 Å². The second-order valence-corrected chi connectivity index (χ2v) is 3.37. The Morgan fingerprint density at radius 3 is 2.77 bits per heavy atom. The summed E-state index contributed by atoms with van der Waals surface area (Å²) in [5.41, 5.74) is 2.28. The number of nitriles is 1. The van der Waals surface area contributed by atoms with E-state index in [0.717, 1.165) is 5.56 Å². The zero-order chi connectivity index (χ0) is 9.26. The van der Waals surface area contributed by atoms with Gasteiger partial charge in [-0.1, -0.05) is 31.2 Å². The van der Waals surface area contributed by atoms with Crippen molar-refractivity contribution in [3.63, 3.8) is 0 Å². The molecule has 0 saturated carbocycles. The van der Waals surface area contributed by atoms with E-state index in [1.54, 1.807) is 0 Å². The molecule has 0 aromatic heterocycles. The second kappa shape index (κ2) is 3.20. The molecule has 2 heteroatoms. The van der Waals surface area contributed by atoms with Gasteiger partial charge in [0, 0.05) is 5.92 Å². The zero-order valence-electron chi connectivity index (χ0n) is 7.53. The fraction of sp³-hybridized carbons (Fsp3) is 0.364. The molecular formula is C11H11NO. The number of nitrogens with zero attached hydrogens (tertiary/aromatic N) is 1. The highest BCUT2D eigenvalue weighted by Gasteiger charge is 2.24. The third-order valence-electron chi connectivity index (χ3n) is 2.44. The van der Waals surface area contributed by atoms with E-state index < -0.39 is 0 Å². The summed E-state index contributed by atoms with van der Waals surface area (Å²) in [5, 5.41) is 8.85. The summed E-state index contributed by atoms with van der Waals surface area (Å²) in [6.45, 7) is 2.77. The molecule has 13 heavy (non-hydrogen) atoms. The molecule has 0 N–H and O–H groups in total. The SMILES string of the molecule is C[C@H]1CO[C@@H](C#N)c2ccccc21. The molecule has 0 amide bonds. The summed E-state index contributed by atoms with van der Waals surface area (Å²) in [4.78, 5) is 0. The van der Waals surface area contributed by atoms with E-state index in [1.807, 2.05) is 18.2 Å². The number of hydrogen-bond acceptors (Lipinski definition) is 2. The van der Waals surface area contributed by atoms with Crippen molar-refractivity contribution in [2.24, 2.45) is 0 Å². The van der Waals surface area contributed by atoms with Crippen LogP contribution in [0.25, 0.3) is 0 Å². The van der Waals surface area contributed by atoms with Gasteiger partial charge in [-0.25, -0.2) is 0 Å². The first-order valence-corrected chi connectivity index (χ1v) is 4.43. The van der Waals surface area contributed by atoms with Crippen LogP contribution in [0.1, 0.15) is 30.1 Å². The van der Waals surface area contributed by atoms with Gasteiger partial charge in [-0.3, -0.25) is 0 Å². The molecule has 2 rings (SSSR count). The van der Waals surface area contributed by atoms with Crippen LogP contribution in [0.4, 0.5) is 0 Å². The van der Waals surface area contributed by atoms with Gasteiger partial charge in [0.25, 0.3) is 0 Å². The van der Waals surface area contributed by atoms with Crippen molar-refractivity contribution < 1.29 is 4.74 Å². The Hall–Kier alpha value is -1.33. The van der Waals surface area contributed by atoms with Crippen LogP contribution in [0, 0.1) is 11.3 Å². The molecule has 0 spiro atoms. The smallest absolute Gasteiger partial charge is 0.169 e. The van der Waals surface area contributed by atoms with Crippen molar-refractivity contribution in [3.8, 4) is 6.07 Å². The Kier molecular flexibility index (Phi) is 2.03. The number of benzene rings is 1. The molecule has 2 atom stereocenters. The summed E-state index contributed by atoms with van der Waals surface area (Å²) in [6.07, 6.45) is -0.368. The Morgan fingerprint density at radius 2 is 2.08 bits per heavy atom. The minimum Gasteiger partial charge on any atom is -0.358 e. The number of fused-ring (bicyclic) bond motifs is 1. The summed E-state index contributed by atoms with van der Waals surface area (Å²) < 4.78 is 5.40. The quantitative estimate of drug-likeness (QED) is 0.603. The summed E-state index contributed by atoms with van der Waals surface area (Å²) >= 11 is 0. The van der Waals surface area contributed by atoms with E-state index in [1.165, 1.54) is 5.56 Å². The molecular weight excluding hydrogens is 162 g/mol. The summed E-state index contributed by atoms with van der Waals surface area (Å²) in [6, 6.07) is 10.2. The van der Waals surface area contributed by atoms with Crippen molar-refractivity contribution in [1.29, 1.82) is 5.26 Å². The van der Waals surface area contributed by atoms with E-state index in [2.05, 4.69) is 19.1 Å². The molecule has 0 unspecified atom stereocenters. The highest BCUT2D eigenvalue weighted by Crippen LogP contribution is 2.32. The van der Waals surface area contributed by atoms with Crippen molar-refractivity contribution in [2.45, 2.75) is 18.9 Å². The standard InChI is InChI=1S/C11H11NO/c1-8-7-13-11(6-12)10-5-3-2-4-9(8)10/h2-5,8,11H,7H2,1H3/t8-,11-/m0/s1. The van der Waals surface area contributed by atoms with Crippen molar-refractivity contribution in [3.05, 3.63) is 35.4 Å². The maximum absolute atomic E-state index is 8.85. The average molecular weight is 173 g/mol. The molecule has 0 bridgehead atoms. The van der Waals surface area contributed by atoms with Crippen molar-refractivity contribution in [2.75, 3.05) is 6.61 Å². The Balaban J connectivity index is 2.49. The molecule has 0 saturated heterocycles. The second-order valence-electron chi connectivity index (χ2n) is 3.37. The maximum atomic E-state index is 8.85. The lowest BCUT2D eigenvalue weighted by Gasteiger charge is -2.25. The van der Waals surface area contributed by atoms with Gasteiger partial charge in [-0.2, -0.15) is 5.26 Å². The normalized spacial score (nSPS) is 26.2. The first kappa shape index (κ1) is 8.28. The van der Waals surface area contributed by atoms with Gasteiger partial charge in [0.2, 0.25) is 0 Å². The molecule has 66 valence electrons. The summed E-state index contributed by atoms with van der Waals surface area (Å²) in [7, 11) is 0. The molecule has 1 aliphatic rings. The zero-order valence-corrected chi connectivity index (χ0v) is 7.53. The van der Waals surface area contributed by atoms with Crippen molar-refractivity contribution in [1.82, 2.24) is 0 Å². The van der Waals surface area contributed by atoms with Crippen LogP contribution in [0.2, 0.25) is 0 Å². The van der Waals surface area contributed by atoms with Crippen LogP contribution in [-0.2, 0) is 4.74 Å². The fourth-order valence-electron chi connectivity index (χ4n) is 1.73. The predicted octanol–water partition coefficient (Wildman–Crippen LogP) is 2.38. The van der Waals surface area contributed by atoms with Gasteiger partial charge < -0.3 is 4.74 Å². The lowest BCUT2D eigenvalue weighted by Crippen LogP contribution is -2.18. The number of ether oxygens (including phenoxy) is 1. The van der Waals surface area contributed by atoms with Crippen LogP contribution >= 0.6 is 0 Å². The lowest BCUT2D eigenvalue weighted by atomic mass is 9.91. The Bertz CT molecular complexity index is 353. The van der Waals surface area contributed by atoms with Gasteiger partial charge in [-0.15, -0.1) is 0 Å². The van der Waals surface area contributed by atoms with E-state index in [4.69, 9.17) is 10.00 Å². The molecule has 0 fully saturated rings. The highest BCUT2D eigenvalue weighted by atomic mass is 16.5. The van der Waals surface area contributed by atoms with E-state index in [9.17, 15) is 0 Å². The minimum absolute atomic E-state index is 0.368. The average Bonchev–Trinajstić information content (AvgIpc) is 2.19. The monoisotopic (exact) mass is 173 g/mol. The topological polar surface area (TPSA) is 33.0 Å². The van der Waals surface area contributed by atoms with Crippen LogP contribution in [-0.4, -0.2) is 6.61 Å². The molecule has 1 heterocycles. The molecule has 0 radical (unpaired) electrons. The highest BCUT2D eigenvalue weighted by molar-refractivity contribution is 5.36. The number of rotatable bonds is 0. The Morgan fingerprint density at radius 1 is 1.38 bits per heavy atom. The first-order chi connectivity index (χ1) is 6.33. The molecule has 1 aromatic carbocycles. The maximum Gasteiger partial charge on any atom is 0.169 e. The van der Waals surface area contributed by atoms with E-state index in [-0.39, 0.29) is 6.10 Å². The molecule has 1 aliphatic heterocycles. The largest absolute Gasteiger partial charge is 0.358 e. The van der Waals surface area contributed by atoms with Crippen LogP contribution in [0.5, 0.6) is 0 Å². The van der Waals surface area contributed by atoms with Crippen molar-refractivity contribution >= 4 is 0 Å². The van der Waals surface area contributed by atoms with Gasteiger partial charge >= 0.3 is 0 Å². The molecule has 1 aromatic rings. The third-order valence-corrected chi connectivity index (χ3v) is 2.44. The predicted molar refractivity (Wildman–Crippen MR) is 49.2 cm³/mol. The van der Waals surface area contributed by atoms with E-state index >= 15 is 0 Å². The van der Waals surface area contributed by atoms with Crippen LogP contribution in [0.3, 0.4) is 0 Å². The van der Waals surface area contributed by atoms with Gasteiger partial charge in [0.05, 0.1) is 12.7 Å². The fourth-order valence-corrected chi connectivity index (χ4v) is 1.73. The van der Waals surface area contributed by atoms with Gasteiger partial charge in [0.15, 0.2) is 6.10 Å². The molecule has 0 aliphatic carbocycles. The lowest BCUT2D eigenvalue weighted by molar-refractivity contribution is 0.0661. The summed E-state index contributed by atoms with van der Waals surface area (Å²) in [5.74, 6) is 0.404.